The maximum Gasteiger partial charge on any atom is 0.226 e. The molecule has 0 saturated carbocycles. The molecule has 1 aliphatic heterocycles. The van der Waals surface area contributed by atoms with Gasteiger partial charge in [0.1, 0.15) is 11.6 Å². The zero-order valence-electron chi connectivity index (χ0n) is 11.7. The fourth-order valence-electron chi connectivity index (χ4n) is 2.41. The van der Waals surface area contributed by atoms with E-state index in [0.29, 0.717) is 31.0 Å². The molecule has 0 radical (unpaired) electrons. The number of nitrogens with two attached hydrogens (primary N) is 1. The first-order chi connectivity index (χ1) is 10.2. The number of nitrogen functional groups attached to an aromatic ring is 1. The van der Waals surface area contributed by atoms with Crippen molar-refractivity contribution in [1.82, 2.24) is 14.5 Å². The van der Waals surface area contributed by atoms with Gasteiger partial charge in [-0.3, -0.25) is 4.79 Å². The van der Waals surface area contributed by atoms with Crippen LogP contribution in [0.5, 0.6) is 5.75 Å². The molecule has 21 heavy (non-hydrogen) atoms. The number of hydrogen-bond acceptors (Lipinski definition) is 4. The number of carbonyl (C=O) groups is 1. The molecular formula is C15H18N4O2. The van der Waals surface area contributed by atoms with E-state index in [2.05, 4.69) is 9.55 Å². The number of amides is 1. The lowest BCUT2D eigenvalue weighted by Gasteiger charge is -2.27. The van der Waals surface area contributed by atoms with Gasteiger partial charge in [0.05, 0.1) is 19.6 Å². The number of hydrogen-bond donors (Lipinski definition) is 1. The third-order valence-electron chi connectivity index (χ3n) is 3.54. The van der Waals surface area contributed by atoms with Crippen LogP contribution in [-0.4, -0.2) is 33.5 Å². The van der Waals surface area contributed by atoms with Crippen molar-refractivity contribution in [1.29, 1.82) is 0 Å². The molecular weight excluding hydrogens is 268 g/mol. The van der Waals surface area contributed by atoms with Gasteiger partial charge in [0.15, 0.2) is 0 Å². The molecule has 2 aromatic rings. The van der Waals surface area contributed by atoms with Crippen LogP contribution in [0.2, 0.25) is 0 Å². The normalized spacial score (nSPS) is 13.8. The summed E-state index contributed by atoms with van der Waals surface area (Å²) in [6, 6.07) is 7.21. The first-order valence-corrected chi connectivity index (χ1v) is 6.98. The van der Waals surface area contributed by atoms with Crippen LogP contribution in [0, 0.1) is 0 Å². The summed E-state index contributed by atoms with van der Waals surface area (Å²) in [4.78, 5) is 18.2. The van der Waals surface area contributed by atoms with Crippen LogP contribution in [0.4, 0.5) is 5.69 Å². The Morgan fingerprint density at radius 3 is 3.14 bits per heavy atom. The summed E-state index contributed by atoms with van der Waals surface area (Å²) in [6.45, 7) is 2.45. The predicted octanol–water partition coefficient (Wildman–Crippen LogP) is 1.28. The molecule has 0 bridgehead atoms. The number of anilines is 1. The molecule has 2 heterocycles. The molecule has 3 rings (SSSR count). The summed E-state index contributed by atoms with van der Waals surface area (Å²) in [6.07, 6.45) is 4.07. The minimum absolute atomic E-state index is 0.0909. The van der Waals surface area contributed by atoms with Crippen LogP contribution in [0.3, 0.4) is 0 Å². The first-order valence-electron chi connectivity index (χ1n) is 6.98. The molecule has 1 amide bonds. The van der Waals surface area contributed by atoms with Crippen LogP contribution in [0.1, 0.15) is 12.2 Å². The average Bonchev–Trinajstić information content (AvgIpc) is 2.94. The van der Waals surface area contributed by atoms with Gasteiger partial charge in [-0.2, -0.15) is 0 Å². The number of benzene rings is 1. The van der Waals surface area contributed by atoms with Crippen molar-refractivity contribution in [2.45, 2.75) is 19.5 Å². The van der Waals surface area contributed by atoms with E-state index in [1.165, 1.54) is 0 Å². The molecule has 110 valence electrons. The fraction of sp³-hybridized carbons (Fsp3) is 0.333. The van der Waals surface area contributed by atoms with Crippen molar-refractivity contribution in [2.24, 2.45) is 0 Å². The minimum atomic E-state index is 0.0909. The second kappa shape index (κ2) is 5.87. The van der Waals surface area contributed by atoms with E-state index in [1.54, 1.807) is 18.3 Å². The molecule has 0 saturated heterocycles. The summed E-state index contributed by atoms with van der Waals surface area (Å²) in [5.41, 5.74) is 6.33. The highest BCUT2D eigenvalue weighted by atomic mass is 16.5. The predicted molar refractivity (Wildman–Crippen MR) is 78.6 cm³/mol. The van der Waals surface area contributed by atoms with Crippen molar-refractivity contribution in [3.63, 3.8) is 0 Å². The molecule has 0 spiro atoms. The zero-order valence-corrected chi connectivity index (χ0v) is 11.7. The van der Waals surface area contributed by atoms with E-state index in [-0.39, 0.29) is 5.91 Å². The second-order valence-corrected chi connectivity index (χ2v) is 5.02. The van der Waals surface area contributed by atoms with Crippen LogP contribution in [-0.2, 0) is 17.9 Å². The van der Waals surface area contributed by atoms with Gasteiger partial charge in [-0.15, -0.1) is 0 Å². The van der Waals surface area contributed by atoms with Crippen LogP contribution >= 0.6 is 0 Å². The zero-order chi connectivity index (χ0) is 14.7. The molecule has 6 heteroatoms. The van der Waals surface area contributed by atoms with E-state index in [0.717, 1.165) is 18.9 Å². The van der Waals surface area contributed by atoms with Crippen molar-refractivity contribution in [3.05, 3.63) is 42.5 Å². The van der Waals surface area contributed by atoms with Crippen molar-refractivity contribution >= 4 is 11.6 Å². The van der Waals surface area contributed by atoms with Gasteiger partial charge in [0, 0.05) is 37.2 Å². The van der Waals surface area contributed by atoms with Crippen molar-refractivity contribution < 1.29 is 9.53 Å². The first kappa shape index (κ1) is 13.5. The quantitative estimate of drug-likeness (QED) is 0.859. The molecule has 0 atom stereocenters. The largest absolute Gasteiger partial charge is 0.493 e. The lowest BCUT2D eigenvalue weighted by molar-refractivity contribution is -0.133. The highest BCUT2D eigenvalue weighted by Gasteiger charge is 2.20. The van der Waals surface area contributed by atoms with Gasteiger partial charge in [0.25, 0.3) is 0 Å². The Hall–Kier alpha value is -2.50. The number of ether oxygens (including phenoxy) is 1. The topological polar surface area (TPSA) is 73.4 Å². The van der Waals surface area contributed by atoms with E-state index in [9.17, 15) is 4.79 Å². The maximum absolute atomic E-state index is 12.2. The number of fused-ring (bicyclic) bond motifs is 1. The summed E-state index contributed by atoms with van der Waals surface area (Å²) < 4.78 is 7.63. The van der Waals surface area contributed by atoms with Gasteiger partial charge >= 0.3 is 0 Å². The average molecular weight is 286 g/mol. The third kappa shape index (κ3) is 3.16. The van der Waals surface area contributed by atoms with Gasteiger partial charge in [-0.25, -0.2) is 4.98 Å². The Morgan fingerprint density at radius 2 is 2.29 bits per heavy atom. The maximum atomic E-state index is 12.2. The fourth-order valence-corrected chi connectivity index (χ4v) is 2.41. The highest BCUT2D eigenvalue weighted by molar-refractivity contribution is 5.76. The van der Waals surface area contributed by atoms with Crippen LogP contribution in [0.15, 0.2) is 36.7 Å². The monoisotopic (exact) mass is 286 g/mol. The Bertz CT molecular complexity index is 638. The van der Waals surface area contributed by atoms with Gasteiger partial charge in [-0.05, 0) is 12.1 Å². The SMILES string of the molecule is Nc1cccc(OCCC(=O)N2CCn3ccnc3C2)c1. The molecule has 0 unspecified atom stereocenters. The molecule has 1 aromatic carbocycles. The minimum Gasteiger partial charge on any atom is -0.493 e. The molecule has 1 aliphatic rings. The number of rotatable bonds is 4. The Balaban J connectivity index is 1.49. The van der Waals surface area contributed by atoms with Gasteiger partial charge in [0.2, 0.25) is 5.91 Å². The highest BCUT2D eigenvalue weighted by Crippen LogP contribution is 2.15. The molecule has 1 aromatic heterocycles. The second-order valence-electron chi connectivity index (χ2n) is 5.02. The van der Waals surface area contributed by atoms with E-state index in [4.69, 9.17) is 10.5 Å². The van der Waals surface area contributed by atoms with E-state index < -0.39 is 0 Å². The van der Waals surface area contributed by atoms with Crippen LogP contribution in [0.25, 0.3) is 0 Å². The summed E-state index contributed by atoms with van der Waals surface area (Å²) >= 11 is 0. The summed E-state index contributed by atoms with van der Waals surface area (Å²) in [5, 5.41) is 0. The Morgan fingerprint density at radius 1 is 1.38 bits per heavy atom. The number of imidazole rings is 1. The smallest absolute Gasteiger partial charge is 0.226 e. The number of aromatic nitrogens is 2. The summed E-state index contributed by atoms with van der Waals surface area (Å²) in [7, 11) is 0. The lowest BCUT2D eigenvalue weighted by Crippen LogP contribution is -2.38. The van der Waals surface area contributed by atoms with Gasteiger partial charge in [-0.1, -0.05) is 6.07 Å². The molecule has 6 nitrogen and oxygen atoms in total. The molecule has 0 fully saturated rings. The van der Waals surface area contributed by atoms with Crippen molar-refractivity contribution in [2.75, 3.05) is 18.9 Å². The standard InChI is InChI=1S/C15H18N4O2/c16-12-2-1-3-13(10-12)21-9-4-15(20)19-8-7-18-6-5-17-14(18)11-19/h1-3,5-6,10H,4,7-9,11,16H2. The van der Waals surface area contributed by atoms with E-state index in [1.807, 2.05) is 23.2 Å². The van der Waals surface area contributed by atoms with E-state index >= 15 is 0 Å². The lowest BCUT2D eigenvalue weighted by atomic mass is 10.3. The molecule has 0 aliphatic carbocycles. The number of nitrogens with zero attached hydrogens (tertiary/aromatic N) is 3. The van der Waals surface area contributed by atoms with Gasteiger partial charge < -0.3 is 19.9 Å². The number of carbonyl (C=O) groups excluding carboxylic acids is 1. The van der Waals surface area contributed by atoms with Crippen molar-refractivity contribution in [3.8, 4) is 5.75 Å². The van der Waals surface area contributed by atoms with Crippen LogP contribution < -0.4 is 10.5 Å². The summed E-state index contributed by atoms with van der Waals surface area (Å²) in [5.74, 6) is 1.72. The third-order valence-corrected chi connectivity index (χ3v) is 3.54. The molecule has 2 N–H and O–H groups in total. The Kier molecular flexibility index (Phi) is 3.77. The Labute approximate surface area is 123 Å².